The second kappa shape index (κ2) is 10.8. The van der Waals surface area contributed by atoms with E-state index >= 15 is 4.39 Å². The summed E-state index contributed by atoms with van der Waals surface area (Å²) in [5.41, 5.74) is 0.315. The first-order valence-corrected chi connectivity index (χ1v) is 12.3. The van der Waals surface area contributed by atoms with Crippen LogP contribution < -0.4 is 9.64 Å². The van der Waals surface area contributed by atoms with Crippen molar-refractivity contribution in [2.75, 3.05) is 38.4 Å². The first kappa shape index (κ1) is 26.3. The highest BCUT2D eigenvalue weighted by molar-refractivity contribution is 6.36. The van der Waals surface area contributed by atoms with Crippen LogP contribution in [0.5, 0.6) is 5.75 Å². The van der Waals surface area contributed by atoms with Crippen molar-refractivity contribution >= 4 is 45.2 Å². The third-order valence-corrected chi connectivity index (χ3v) is 6.96. The number of anilines is 1. The first-order valence-electron chi connectivity index (χ1n) is 11.9. The van der Waals surface area contributed by atoms with E-state index in [2.05, 4.69) is 9.97 Å². The van der Waals surface area contributed by atoms with Crippen molar-refractivity contribution in [1.29, 1.82) is 5.26 Å². The average molecular weight is 554 g/mol. The lowest BCUT2D eigenvalue weighted by molar-refractivity contribution is 0.0512. The fourth-order valence-corrected chi connectivity index (χ4v) is 5.21. The predicted octanol–water partition coefficient (Wildman–Crippen LogP) is 5.45. The van der Waals surface area contributed by atoms with E-state index in [0.717, 1.165) is 0 Å². The van der Waals surface area contributed by atoms with E-state index < -0.39 is 24.0 Å². The maximum atomic E-state index is 16.2. The minimum absolute atomic E-state index is 0.0184. The number of carbonyl (C=O) groups is 1. The van der Waals surface area contributed by atoms with Crippen molar-refractivity contribution in [3.05, 3.63) is 59.4 Å². The molecule has 200 valence electrons. The Balaban J connectivity index is 1.64. The Morgan fingerprint density at radius 2 is 2.03 bits per heavy atom. The molecule has 1 fully saturated rings. The van der Waals surface area contributed by atoms with E-state index in [4.69, 9.17) is 21.1 Å². The van der Waals surface area contributed by atoms with Crippen LogP contribution in [0.4, 0.5) is 19.4 Å². The largest absolute Gasteiger partial charge is 0.468 e. The number of benzene rings is 3. The van der Waals surface area contributed by atoms with Gasteiger partial charge in [-0.25, -0.2) is 9.18 Å². The van der Waals surface area contributed by atoms with Gasteiger partial charge in [-0.3, -0.25) is 0 Å². The quantitative estimate of drug-likeness (QED) is 0.248. The van der Waals surface area contributed by atoms with E-state index in [1.807, 2.05) is 12.1 Å². The van der Waals surface area contributed by atoms with Gasteiger partial charge in [0.25, 0.3) is 0 Å². The van der Waals surface area contributed by atoms with Gasteiger partial charge in [0.15, 0.2) is 12.6 Å². The van der Waals surface area contributed by atoms with Gasteiger partial charge in [0.2, 0.25) is 0 Å². The molecule has 0 bridgehead atoms. The van der Waals surface area contributed by atoms with Gasteiger partial charge in [0.05, 0.1) is 18.5 Å². The molecule has 0 radical (unpaired) electrons. The van der Waals surface area contributed by atoms with E-state index in [1.54, 1.807) is 41.3 Å². The summed E-state index contributed by atoms with van der Waals surface area (Å²) >= 11 is 6.52. The van der Waals surface area contributed by atoms with E-state index in [0.29, 0.717) is 27.1 Å². The third-order valence-electron chi connectivity index (χ3n) is 6.65. The van der Waals surface area contributed by atoms with Gasteiger partial charge in [-0.15, -0.1) is 0 Å². The van der Waals surface area contributed by atoms with E-state index in [1.165, 1.54) is 12.0 Å². The number of amides is 1. The normalized spacial score (nSPS) is 15.5. The van der Waals surface area contributed by atoms with Crippen molar-refractivity contribution in [2.24, 2.45) is 0 Å². The van der Waals surface area contributed by atoms with Crippen LogP contribution in [0.15, 0.2) is 42.5 Å². The fraction of sp³-hybridized carbons (Fsp3) is 0.259. The van der Waals surface area contributed by atoms with Gasteiger partial charge in [0, 0.05) is 48.1 Å². The minimum atomic E-state index is -1.15. The summed E-state index contributed by atoms with van der Waals surface area (Å²) in [6.07, 6.45) is -2.33. The summed E-state index contributed by atoms with van der Waals surface area (Å²) in [5.74, 6) is -0.232. The molecule has 1 amide bonds. The maximum absolute atomic E-state index is 16.2. The highest BCUT2D eigenvalue weighted by Gasteiger charge is 2.32. The molecule has 1 aliphatic rings. The molecule has 2 heterocycles. The Morgan fingerprint density at radius 3 is 2.77 bits per heavy atom. The van der Waals surface area contributed by atoms with Crippen molar-refractivity contribution in [2.45, 2.75) is 12.5 Å². The number of aromatic nitrogens is 2. The SMILES string of the molecule is COCOc1cc(-c2ccc3c(N4CCN(C(=O)O)C(CC#N)C4)nc(F)nc3c2F)c2c(Cl)cccc2c1. The highest BCUT2D eigenvalue weighted by atomic mass is 35.5. The van der Waals surface area contributed by atoms with Gasteiger partial charge in [-0.05, 0) is 35.2 Å². The molecular formula is C27H22ClF2N5O4. The van der Waals surface area contributed by atoms with Crippen LogP contribution >= 0.6 is 11.6 Å². The van der Waals surface area contributed by atoms with Crippen LogP contribution in [0.2, 0.25) is 5.02 Å². The second-order valence-corrected chi connectivity index (χ2v) is 9.34. The number of hydrogen-bond donors (Lipinski definition) is 1. The van der Waals surface area contributed by atoms with Crippen LogP contribution in [0, 0.1) is 23.2 Å². The number of ether oxygens (including phenoxy) is 2. The number of piperazine rings is 1. The van der Waals surface area contributed by atoms with Crippen molar-refractivity contribution in [3.63, 3.8) is 0 Å². The van der Waals surface area contributed by atoms with Crippen molar-refractivity contribution in [3.8, 4) is 22.9 Å². The molecule has 1 N–H and O–H groups in total. The lowest BCUT2D eigenvalue weighted by atomic mass is 9.96. The number of hydrogen-bond acceptors (Lipinski definition) is 7. The van der Waals surface area contributed by atoms with Gasteiger partial charge < -0.3 is 24.4 Å². The molecule has 1 atom stereocenters. The smallest absolute Gasteiger partial charge is 0.407 e. The molecular weight excluding hydrogens is 532 g/mol. The molecule has 0 aliphatic carbocycles. The molecule has 0 spiro atoms. The second-order valence-electron chi connectivity index (χ2n) is 8.94. The van der Waals surface area contributed by atoms with Crippen molar-refractivity contribution in [1.82, 2.24) is 14.9 Å². The molecule has 1 unspecified atom stereocenters. The summed E-state index contributed by atoms with van der Waals surface area (Å²) in [6, 6.07) is 13.1. The number of methoxy groups -OCH3 is 1. The number of fused-ring (bicyclic) bond motifs is 2. The van der Waals surface area contributed by atoms with Crippen LogP contribution in [0.3, 0.4) is 0 Å². The summed E-state index contributed by atoms with van der Waals surface area (Å²) < 4.78 is 41.5. The lowest BCUT2D eigenvalue weighted by Crippen LogP contribution is -2.55. The van der Waals surface area contributed by atoms with Crippen LogP contribution in [0.1, 0.15) is 6.42 Å². The number of carboxylic acid groups (broad SMARTS) is 1. The van der Waals surface area contributed by atoms with Crippen LogP contribution in [-0.4, -0.2) is 65.6 Å². The Kier molecular flexibility index (Phi) is 7.32. The number of nitriles is 1. The zero-order valence-corrected chi connectivity index (χ0v) is 21.5. The zero-order valence-electron chi connectivity index (χ0n) is 20.7. The van der Waals surface area contributed by atoms with E-state index in [9.17, 15) is 19.6 Å². The standard InChI is InChI=1S/C27H22ClF2N5O4/c1-38-14-39-17-11-15-3-2-4-21(28)22(15)20(12-17)18-5-6-19-24(23(18)29)32-26(30)33-25(19)34-9-10-35(27(36)37)16(13-34)7-8-31/h2-6,11-12,16H,7,9-10,13-14H2,1H3,(H,36,37). The predicted molar refractivity (Wildman–Crippen MR) is 141 cm³/mol. The zero-order chi connectivity index (χ0) is 27.7. The van der Waals surface area contributed by atoms with Gasteiger partial charge in [-0.1, -0.05) is 29.8 Å². The molecule has 1 saturated heterocycles. The number of halogens is 3. The van der Waals surface area contributed by atoms with Gasteiger partial charge in [0.1, 0.15) is 17.1 Å². The number of nitrogens with zero attached hydrogens (tertiary/aromatic N) is 5. The molecule has 1 aromatic heterocycles. The van der Waals surface area contributed by atoms with E-state index in [-0.39, 0.29) is 55.1 Å². The third kappa shape index (κ3) is 4.96. The Bertz CT molecular complexity index is 1630. The topological polar surface area (TPSA) is 112 Å². The molecule has 0 saturated carbocycles. The Labute approximate surface area is 226 Å². The molecule has 12 heteroatoms. The monoisotopic (exact) mass is 553 g/mol. The van der Waals surface area contributed by atoms with Crippen molar-refractivity contribution < 1.29 is 28.2 Å². The summed E-state index contributed by atoms with van der Waals surface area (Å²) in [6.45, 7) is 0.333. The van der Waals surface area contributed by atoms with Crippen LogP contribution in [0.25, 0.3) is 32.8 Å². The molecule has 5 rings (SSSR count). The Morgan fingerprint density at radius 1 is 1.21 bits per heavy atom. The average Bonchev–Trinajstić information content (AvgIpc) is 2.92. The fourth-order valence-electron chi connectivity index (χ4n) is 4.93. The van der Waals surface area contributed by atoms with Crippen LogP contribution in [-0.2, 0) is 4.74 Å². The Hall–Kier alpha value is -4.27. The lowest BCUT2D eigenvalue weighted by Gasteiger charge is -2.39. The molecule has 9 nitrogen and oxygen atoms in total. The molecule has 3 aromatic carbocycles. The molecule has 4 aromatic rings. The minimum Gasteiger partial charge on any atom is -0.468 e. The van der Waals surface area contributed by atoms with Gasteiger partial charge in [-0.2, -0.15) is 19.6 Å². The van der Waals surface area contributed by atoms with Gasteiger partial charge >= 0.3 is 12.2 Å². The summed E-state index contributed by atoms with van der Waals surface area (Å²) in [5, 5.41) is 20.6. The molecule has 39 heavy (non-hydrogen) atoms. The molecule has 1 aliphatic heterocycles. The summed E-state index contributed by atoms with van der Waals surface area (Å²) in [4.78, 5) is 22.1. The number of rotatable bonds is 6. The first-order chi connectivity index (χ1) is 18.8. The summed E-state index contributed by atoms with van der Waals surface area (Å²) in [7, 11) is 1.48. The highest BCUT2D eigenvalue weighted by Crippen LogP contribution is 2.40. The maximum Gasteiger partial charge on any atom is 0.407 e.